The smallest absolute Gasteiger partial charge is 0.303 e. The van der Waals surface area contributed by atoms with E-state index < -0.39 is 5.97 Å². The lowest BCUT2D eigenvalue weighted by Gasteiger charge is -2.32. The van der Waals surface area contributed by atoms with Crippen LogP contribution in [-0.2, 0) is 16.0 Å². The van der Waals surface area contributed by atoms with E-state index >= 15 is 0 Å². The van der Waals surface area contributed by atoms with Gasteiger partial charge in [0.15, 0.2) is 0 Å². The maximum Gasteiger partial charge on any atom is 0.303 e. The first-order chi connectivity index (χ1) is 9.15. The first kappa shape index (κ1) is 14.1. The number of carbonyl (C=O) groups excluding carboxylic acids is 1. The van der Waals surface area contributed by atoms with E-state index in [9.17, 15) is 9.59 Å². The summed E-state index contributed by atoms with van der Waals surface area (Å²) in [5.74, 6) is -0.239. The van der Waals surface area contributed by atoms with Crippen molar-refractivity contribution >= 4 is 23.2 Å². The second kappa shape index (κ2) is 6.70. The van der Waals surface area contributed by atoms with Crippen molar-refractivity contribution in [3.8, 4) is 0 Å². The number of aliphatic carboxylic acids is 1. The number of carbonyl (C=O) groups is 2. The highest BCUT2D eigenvalue weighted by atomic mass is 32.1. The summed E-state index contributed by atoms with van der Waals surface area (Å²) in [6.45, 7) is 1.53. The second-order valence-electron chi connectivity index (χ2n) is 5.09. The van der Waals surface area contributed by atoms with Crippen LogP contribution in [0.4, 0.5) is 0 Å². The fourth-order valence-corrected chi connectivity index (χ4v) is 3.20. The fourth-order valence-electron chi connectivity index (χ4n) is 2.53. The summed E-state index contributed by atoms with van der Waals surface area (Å²) >= 11 is 1.60. The summed E-state index contributed by atoms with van der Waals surface area (Å²) in [7, 11) is 0. The third kappa shape index (κ3) is 4.35. The molecular formula is C14H19NO3S. The molecule has 19 heavy (non-hydrogen) atoms. The molecule has 1 saturated heterocycles. The lowest BCUT2D eigenvalue weighted by molar-refractivity contribution is -0.137. The van der Waals surface area contributed by atoms with Crippen LogP contribution in [0.5, 0.6) is 0 Å². The lowest BCUT2D eigenvalue weighted by atomic mass is 9.93. The number of thiophene rings is 1. The van der Waals surface area contributed by atoms with Gasteiger partial charge < -0.3 is 10.0 Å². The van der Waals surface area contributed by atoms with Gasteiger partial charge in [-0.1, -0.05) is 0 Å². The van der Waals surface area contributed by atoms with Crippen LogP contribution in [0.2, 0.25) is 0 Å². The molecular weight excluding hydrogens is 262 g/mol. The number of carboxylic acids is 1. The molecule has 104 valence electrons. The minimum absolute atomic E-state index is 0.165. The van der Waals surface area contributed by atoms with Gasteiger partial charge in [0.1, 0.15) is 0 Å². The summed E-state index contributed by atoms with van der Waals surface area (Å²) in [5.41, 5.74) is 1.07. The highest BCUT2D eigenvalue weighted by Gasteiger charge is 2.23. The van der Waals surface area contributed by atoms with Crippen LogP contribution in [0.3, 0.4) is 0 Å². The Morgan fingerprint density at radius 1 is 1.47 bits per heavy atom. The Morgan fingerprint density at radius 2 is 2.32 bits per heavy atom. The molecule has 0 spiro atoms. The monoisotopic (exact) mass is 281 g/mol. The minimum atomic E-state index is -0.748. The van der Waals surface area contributed by atoms with Crippen molar-refractivity contribution < 1.29 is 14.7 Å². The quantitative estimate of drug-likeness (QED) is 0.901. The molecule has 1 aromatic rings. The molecule has 1 aliphatic heterocycles. The van der Waals surface area contributed by atoms with E-state index in [2.05, 4.69) is 0 Å². The van der Waals surface area contributed by atoms with E-state index in [1.54, 1.807) is 11.3 Å². The Morgan fingerprint density at radius 3 is 3.00 bits per heavy atom. The van der Waals surface area contributed by atoms with Gasteiger partial charge >= 0.3 is 5.97 Å². The maximum absolute atomic E-state index is 12.2. The molecule has 5 heteroatoms. The third-order valence-electron chi connectivity index (χ3n) is 3.57. The van der Waals surface area contributed by atoms with Crippen molar-refractivity contribution in [3.63, 3.8) is 0 Å². The van der Waals surface area contributed by atoms with Gasteiger partial charge in [0, 0.05) is 19.5 Å². The first-order valence-electron chi connectivity index (χ1n) is 6.66. The molecule has 0 aliphatic carbocycles. The van der Waals surface area contributed by atoms with E-state index in [0.717, 1.165) is 31.5 Å². The highest BCUT2D eigenvalue weighted by molar-refractivity contribution is 7.07. The van der Waals surface area contributed by atoms with Crippen LogP contribution >= 0.6 is 11.3 Å². The van der Waals surface area contributed by atoms with Crippen molar-refractivity contribution in [2.75, 3.05) is 13.1 Å². The van der Waals surface area contributed by atoms with Crippen molar-refractivity contribution in [2.24, 2.45) is 5.92 Å². The van der Waals surface area contributed by atoms with Crippen LogP contribution in [0.1, 0.15) is 31.2 Å². The van der Waals surface area contributed by atoms with Crippen LogP contribution < -0.4 is 0 Å². The first-order valence-corrected chi connectivity index (χ1v) is 7.60. The second-order valence-corrected chi connectivity index (χ2v) is 5.87. The van der Waals surface area contributed by atoms with E-state index in [4.69, 9.17) is 5.11 Å². The van der Waals surface area contributed by atoms with Crippen molar-refractivity contribution in [1.29, 1.82) is 0 Å². The normalized spacial score (nSPS) is 19.4. The average molecular weight is 281 g/mol. The number of likely N-dealkylation sites (tertiary alicyclic amines) is 1. The van der Waals surface area contributed by atoms with E-state index in [1.807, 2.05) is 21.7 Å². The van der Waals surface area contributed by atoms with Crippen LogP contribution in [0, 0.1) is 5.92 Å². The van der Waals surface area contributed by atoms with Crippen LogP contribution in [-0.4, -0.2) is 35.0 Å². The van der Waals surface area contributed by atoms with Crippen LogP contribution in [0.15, 0.2) is 16.8 Å². The van der Waals surface area contributed by atoms with Crippen molar-refractivity contribution in [2.45, 2.75) is 32.1 Å². The van der Waals surface area contributed by atoms with Crippen LogP contribution in [0.25, 0.3) is 0 Å². The molecule has 0 aromatic carbocycles. The number of hydrogen-bond donors (Lipinski definition) is 1. The molecule has 0 radical (unpaired) electrons. The summed E-state index contributed by atoms with van der Waals surface area (Å²) < 4.78 is 0. The Kier molecular flexibility index (Phi) is 4.96. The Bertz CT molecular complexity index is 430. The van der Waals surface area contributed by atoms with E-state index in [1.165, 1.54) is 0 Å². The lowest BCUT2D eigenvalue weighted by Crippen LogP contribution is -2.40. The van der Waals surface area contributed by atoms with Gasteiger partial charge in [0.25, 0.3) is 0 Å². The number of rotatable bonds is 5. The van der Waals surface area contributed by atoms with Gasteiger partial charge in [-0.15, -0.1) is 0 Å². The summed E-state index contributed by atoms with van der Waals surface area (Å²) in [6, 6.07) is 1.98. The fraction of sp³-hybridized carbons (Fsp3) is 0.571. The van der Waals surface area contributed by atoms with Gasteiger partial charge in [0.2, 0.25) is 5.91 Å². The molecule has 0 unspecified atom stereocenters. The van der Waals surface area contributed by atoms with Gasteiger partial charge in [0.05, 0.1) is 6.42 Å². The molecule has 0 saturated carbocycles. The Labute approximate surface area is 117 Å². The molecule has 1 amide bonds. The number of nitrogens with zero attached hydrogens (tertiary/aromatic N) is 1. The predicted molar refractivity (Wildman–Crippen MR) is 74.2 cm³/mol. The number of piperidine rings is 1. The van der Waals surface area contributed by atoms with Crippen molar-refractivity contribution in [1.82, 2.24) is 4.90 Å². The zero-order chi connectivity index (χ0) is 13.7. The third-order valence-corrected chi connectivity index (χ3v) is 4.31. The molecule has 1 aliphatic rings. The summed E-state index contributed by atoms with van der Waals surface area (Å²) in [5, 5.41) is 12.7. The zero-order valence-corrected chi connectivity index (χ0v) is 11.7. The molecule has 4 nitrogen and oxygen atoms in total. The SMILES string of the molecule is O=C(O)CC[C@@H]1CCCN(C(=O)Cc2ccsc2)C1. The largest absolute Gasteiger partial charge is 0.481 e. The number of carboxylic acid groups (broad SMARTS) is 1. The number of amides is 1. The number of hydrogen-bond acceptors (Lipinski definition) is 3. The zero-order valence-electron chi connectivity index (χ0n) is 10.9. The highest BCUT2D eigenvalue weighted by Crippen LogP contribution is 2.22. The topological polar surface area (TPSA) is 57.6 Å². The van der Waals surface area contributed by atoms with E-state index in [0.29, 0.717) is 18.8 Å². The maximum atomic E-state index is 12.2. The molecule has 2 rings (SSSR count). The molecule has 1 atom stereocenters. The van der Waals surface area contributed by atoms with E-state index in [-0.39, 0.29) is 12.3 Å². The average Bonchev–Trinajstić information content (AvgIpc) is 2.89. The Balaban J connectivity index is 1.82. The van der Waals surface area contributed by atoms with Gasteiger partial charge in [-0.2, -0.15) is 11.3 Å². The Hall–Kier alpha value is -1.36. The molecule has 2 heterocycles. The molecule has 0 bridgehead atoms. The van der Waals surface area contributed by atoms with Gasteiger partial charge in [-0.05, 0) is 47.6 Å². The van der Waals surface area contributed by atoms with Crippen molar-refractivity contribution in [3.05, 3.63) is 22.4 Å². The summed E-state index contributed by atoms with van der Waals surface area (Å²) in [4.78, 5) is 24.6. The molecule has 1 N–H and O–H groups in total. The minimum Gasteiger partial charge on any atom is -0.481 e. The standard InChI is InChI=1S/C14H19NO3S/c16-13(8-12-5-7-19-10-12)15-6-1-2-11(9-15)3-4-14(17)18/h5,7,10-11H,1-4,6,8-9H2,(H,17,18)/t11-/m0/s1. The molecule has 1 aromatic heterocycles. The van der Waals surface area contributed by atoms with Gasteiger partial charge in [-0.25, -0.2) is 0 Å². The van der Waals surface area contributed by atoms with Gasteiger partial charge in [-0.3, -0.25) is 9.59 Å². The predicted octanol–water partition coefficient (Wildman–Crippen LogP) is 2.39. The molecule has 1 fully saturated rings. The summed E-state index contributed by atoms with van der Waals surface area (Å²) in [6.07, 6.45) is 3.37.